The van der Waals surface area contributed by atoms with Crippen LogP contribution in [0.4, 0.5) is 5.69 Å². The molecule has 4 atom stereocenters. The standard InChI is InChI=1S/C34H30N2O9.BrH/c1-2-41-34(40)25-20-36(19-18-26(25)35)30-29(45-33(39)24-16-10-5-11-17-24)28(44-32(38)23-14-8-4-9-15-23)27(43-30)21-42-31(37)22-12-6-3-7-13-22;/h3-20,27-30,35H,2,21H2,1H3;1H. The van der Waals surface area contributed by atoms with Crippen molar-refractivity contribution in [2.45, 2.75) is 31.5 Å². The first-order valence-electron chi connectivity index (χ1n) is 14.2. The molecule has 12 heteroatoms. The van der Waals surface area contributed by atoms with Crippen LogP contribution in [0, 0.1) is 0 Å². The molecular weight excluding hydrogens is 660 g/mol. The number of rotatable bonds is 10. The Bertz CT molecular complexity index is 1660. The van der Waals surface area contributed by atoms with Gasteiger partial charge in [0.2, 0.25) is 6.10 Å². The Morgan fingerprint density at radius 3 is 1.72 bits per heavy atom. The second-order valence-corrected chi connectivity index (χ2v) is 9.98. The third-order valence-electron chi connectivity index (χ3n) is 6.98. The number of ether oxygens (including phenoxy) is 5. The molecule has 0 saturated carbocycles. The number of pyridine rings is 1. The highest BCUT2D eigenvalue weighted by Crippen LogP contribution is 2.33. The molecule has 4 aromatic rings. The van der Waals surface area contributed by atoms with E-state index in [-0.39, 0.29) is 52.6 Å². The first-order valence-corrected chi connectivity index (χ1v) is 14.2. The number of carbonyl (C=O) groups is 4. The van der Waals surface area contributed by atoms with Crippen molar-refractivity contribution in [2.24, 2.45) is 0 Å². The summed E-state index contributed by atoms with van der Waals surface area (Å²) < 4.78 is 30.4. The molecule has 46 heavy (non-hydrogen) atoms. The van der Waals surface area contributed by atoms with Gasteiger partial charge in [0, 0.05) is 6.07 Å². The SMILES string of the molecule is CCOC(=O)c1c[n+](C2OC(COC(=O)c3ccccc3)C(OC(=O)c3ccccc3)C2OC(=O)c2ccccc2)ccc1N.[Br-]. The van der Waals surface area contributed by atoms with Crippen molar-refractivity contribution in [2.75, 3.05) is 18.9 Å². The summed E-state index contributed by atoms with van der Waals surface area (Å²) in [6, 6.07) is 26.3. The van der Waals surface area contributed by atoms with Gasteiger partial charge in [0.1, 0.15) is 18.3 Å². The van der Waals surface area contributed by atoms with Crippen molar-refractivity contribution < 1.29 is 64.4 Å². The fourth-order valence-corrected chi connectivity index (χ4v) is 4.76. The third-order valence-corrected chi connectivity index (χ3v) is 6.98. The van der Waals surface area contributed by atoms with Gasteiger partial charge in [-0.25, -0.2) is 19.2 Å². The highest BCUT2D eigenvalue weighted by molar-refractivity contribution is 5.94. The highest BCUT2D eigenvalue weighted by atomic mass is 79.9. The lowest BCUT2D eigenvalue weighted by Crippen LogP contribution is -3.00. The summed E-state index contributed by atoms with van der Waals surface area (Å²) in [5.41, 5.74) is 7.07. The van der Waals surface area contributed by atoms with E-state index in [1.54, 1.807) is 97.9 Å². The lowest BCUT2D eigenvalue weighted by Gasteiger charge is -2.23. The summed E-state index contributed by atoms with van der Waals surface area (Å²) in [5.74, 6) is -2.71. The monoisotopic (exact) mass is 690 g/mol. The van der Waals surface area contributed by atoms with E-state index >= 15 is 0 Å². The summed E-state index contributed by atoms with van der Waals surface area (Å²) in [7, 11) is 0. The predicted octanol–water partition coefficient (Wildman–Crippen LogP) is 0.943. The minimum absolute atomic E-state index is 0. The number of aromatic nitrogens is 1. The van der Waals surface area contributed by atoms with E-state index in [2.05, 4.69) is 0 Å². The van der Waals surface area contributed by atoms with Gasteiger partial charge in [0.15, 0.2) is 18.5 Å². The van der Waals surface area contributed by atoms with E-state index in [0.29, 0.717) is 5.56 Å². The van der Waals surface area contributed by atoms with E-state index in [9.17, 15) is 19.2 Å². The quantitative estimate of drug-likeness (QED) is 0.145. The van der Waals surface area contributed by atoms with Crippen molar-refractivity contribution in [3.05, 3.63) is 132 Å². The zero-order valence-corrected chi connectivity index (χ0v) is 26.3. The molecule has 238 valence electrons. The van der Waals surface area contributed by atoms with Gasteiger partial charge in [0.25, 0.3) is 0 Å². The van der Waals surface area contributed by atoms with Crippen molar-refractivity contribution in [1.82, 2.24) is 0 Å². The molecule has 5 rings (SSSR count). The molecule has 4 unspecified atom stereocenters. The molecular formula is C34H31BrN2O9. The largest absolute Gasteiger partial charge is 1.00 e. The maximum absolute atomic E-state index is 13.3. The fourth-order valence-electron chi connectivity index (χ4n) is 4.76. The maximum Gasteiger partial charge on any atom is 0.346 e. The zero-order chi connectivity index (χ0) is 31.8. The van der Waals surface area contributed by atoms with Crippen LogP contribution in [0.3, 0.4) is 0 Å². The Morgan fingerprint density at radius 2 is 1.20 bits per heavy atom. The molecule has 1 aliphatic heterocycles. The molecule has 3 aromatic carbocycles. The number of nitrogens with zero attached hydrogens (tertiary/aromatic N) is 1. The normalized spacial score (nSPS) is 18.5. The van der Waals surface area contributed by atoms with Crippen molar-refractivity contribution >= 4 is 29.6 Å². The molecule has 1 saturated heterocycles. The van der Waals surface area contributed by atoms with E-state index < -0.39 is 48.4 Å². The molecule has 11 nitrogen and oxygen atoms in total. The van der Waals surface area contributed by atoms with Crippen LogP contribution >= 0.6 is 0 Å². The minimum atomic E-state index is -1.26. The van der Waals surface area contributed by atoms with E-state index in [1.807, 2.05) is 0 Å². The number of halogens is 1. The molecule has 1 aromatic heterocycles. The molecule has 0 amide bonds. The molecule has 0 aliphatic carbocycles. The summed E-state index contributed by atoms with van der Waals surface area (Å²) in [6.45, 7) is 1.44. The number of anilines is 1. The van der Waals surface area contributed by atoms with Gasteiger partial charge in [-0.05, 0) is 43.3 Å². The minimum Gasteiger partial charge on any atom is -1.00 e. The Morgan fingerprint density at radius 1 is 0.696 bits per heavy atom. The number of nitrogen functional groups attached to an aromatic ring is 1. The summed E-state index contributed by atoms with van der Waals surface area (Å²) in [4.78, 5) is 52.1. The summed E-state index contributed by atoms with van der Waals surface area (Å²) >= 11 is 0. The van der Waals surface area contributed by atoms with Crippen LogP contribution in [0.2, 0.25) is 0 Å². The van der Waals surface area contributed by atoms with E-state index in [4.69, 9.17) is 29.4 Å². The highest BCUT2D eigenvalue weighted by Gasteiger charge is 2.55. The Kier molecular flexibility index (Phi) is 11.6. The lowest BCUT2D eigenvalue weighted by molar-refractivity contribution is -0.765. The second kappa shape index (κ2) is 15.8. The van der Waals surface area contributed by atoms with E-state index in [0.717, 1.165) is 0 Å². The Labute approximate surface area is 275 Å². The van der Waals surface area contributed by atoms with Gasteiger partial charge in [-0.1, -0.05) is 54.6 Å². The average molecular weight is 692 g/mol. The zero-order valence-electron chi connectivity index (χ0n) is 24.7. The number of nitrogens with two attached hydrogens (primary N) is 1. The molecule has 0 radical (unpaired) electrons. The molecule has 1 aliphatic rings. The maximum atomic E-state index is 13.3. The predicted molar refractivity (Wildman–Crippen MR) is 159 cm³/mol. The number of carbonyl (C=O) groups excluding carboxylic acids is 4. The first kappa shape index (κ1) is 33.8. The van der Waals surface area contributed by atoms with Crippen molar-refractivity contribution in [3.8, 4) is 0 Å². The van der Waals surface area contributed by atoms with Gasteiger partial charge >= 0.3 is 30.1 Å². The topological polar surface area (TPSA) is 144 Å². The average Bonchev–Trinajstić information content (AvgIpc) is 3.41. The Hall–Kier alpha value is -5.07. The third kappa shape index (κ3) is 7.95. The molecule has 0 spiro atoms. The van der Waals surface area contributed by atoms with Gasteiger partial charge in [-0.3, -0.25) is 0 Å². The number of benzene rings is 3. The summed E-state index contributed by atoms with van der Waals surface area (Å²) in [6.07, 6.45) is -1.79. The van der Waals surface area contributed by atoms with E-state index in [1.165, 1.54) is 23.0 Å². The molecule has 1 fully saturated rings. The van der Waals surface area contributed by atoms with Gasteiger partial charge in [-0.2, -0.15) is 4.57 Å². The smallest absolute Gasteiger partial charge is 0.346 e. The van der Waals surface area contributed by atoms with Crippen LogP contribution in [0.25, 0.3) is 0 Å². The van der Waals surface area contributed by atoms with Crippen LogP contribution in [0.15, 0.2) is 109 Å². The van der Waals surface area contributed by atoms with Crippen molar-refractivity contribution in [1.29, 1.82) is 0 Å². The number of hydrogen-bond donors (Lipinski definition) is 1. The summed E-state index contributed by atoms with van der Waals surface area (Å²) in [5, 5.41) is 0. The second-order valence-electron chi connectivity index (χ2n) is 9.98. The molecule has 2 N–H and O–H groups in total. The lowest BCUT2D eigenvalue weighted by atomic mass is 10.1. The van der Waals surface area contributed by atoms with Crippen LogP contribution in [0.1, 0.15) is 54.6 Å². The molecule has 0 bridgehead atoms. The van der Waals surface area contributed by atoms with Crippen LogP contribution in [-0.4, -0.2) is 55.4 Å². The first-order chi connectivity index (χ1) is 21.9. The van der Waals surface area contributed by atoms with Crippen LogP contribution in [-0.2, 0) is 23.7 Å². The van der Waals surface area contributed by atoms with Crippen LogP contribution < -0.4 is 27.3 Å². The van der Waals surface area contributed by atoms with Crippen molar-refractivity contribution in [3.63, 3.8) is 0 Å². The number of esters is 4. The Balaban J connectivity index is 0.00000480. The molecule has 2 heterocycles. The van der Waals surface area contributed by atoms with Gasteiger partial charge in [0.05, 0.1) is 29.0 Å². The fraction of sp³-hybridized carbons (Fsp3) is 0.206. The van der Waals surface area contributed by atoms with Gasteiger partial charge < -0.3 is 46.4 Å². The van der Waals surface area contributed by atoms with Crippen LogP contribution in [0.5, 0.6) is 0 Å². The number of hydrogen-bond acceptors (Lipinski definition) is 10. The van der Waals surface area contributed by atoms with Gasteiger partial charge in [-0.15, -0.1) is 0 Å².